The van der Waals surface area contributed by atoms with Crippen LogP contribution in [0.5, 0.6) is 5.88 Å². The number of nitro benzene ring substituents is 2. The Bertz CT molecular complexity index is 1250. The van der Waals surface area contributed by atoms with Gasteiger partial charge in [0.25, 0.3) is 17.3 Å². The maximum Gasteiger partial charge on any atom is 0.295 e. The van der Waals surface area contributed by atoms with Crippen LogP contribution in [-0.4, -0.2) is 56.6 Å². The van der Waals surface area contributed by atoms with Crippen molar-refractivity contribution < 1.29 is 24.5 Å². The van der Waals surface area contributed by atoms with Crippen LogP contribution in [0.1, 0.15) is 10.4 Å². The van der Waals surface area contributed by atoms with E-state index in [9.17, 15) is 30.1 Å². The summed E-state index contributed by atoms with van der Waals surface area (Å²) in [7, 11) is 0. The minimum Gasteiger partial charge on any atom is -0.493 e. The molecule has 1 N–H and O–H groups in total. The van der Waals surface area contributed by atoms with Crippen molar-refractivity contribution in [2.45, 2.75) is 6.67 Å². The third-order valence-electron chi connectivity index (χ3n) is 5.17. The van der Waals surface area contributed by atoms with Crippen molar-refractivity contribution >= 4 is 33.9 Å². The Morgan fingerprint density at radius 1 is 1.06 bits per heavy atom. The highest BCUT2D eigenvalue weighted by molar-refractivity contribution is 5.98. The van der Waals surface area contributed by atoms with Gasteiger partial charge in [-0.3, -0.25) is 34.5 Å². The van der Waals surface area contributed by atoms with Crippen molar-refractivity contribution in [3.8, 4) is 5.88 Å². The molecule has 0 bridgehead atoms. The molecule has 0 aliphatic carbocycles. The highest BCUT2D eigenvalue weighted by Crippen LogP contribution is 2.39. The molecule has 0 spiro atoms. The van der Waals surface area contributed by atoms with Crippen LogP contribution >= 0.6 is 0 Å². The van der Waals surface area contributed by atoms with Crippen LogP contribution in [-0.2, 0) is 11.4 Å². The molecule has 1 fully saturated rings. The number of morpholine rings is 1. The average Bonchev–Trinajstić information content (AvgIpc) is 3.08. The zero-order valence-electron chi connectivity index (χ0n) is 17.2. The number of non-ortho nitro benzene ring substituents is 2. The highest BCUT2D eigenvalue weighted by Gasteiger charge is 2.22. The molecule has 2 heterocycles. The third kappa shape index (κ3) is 4.53. The number of carbonyl (C=O) groups excluding carboxylic acids is 1. The lowest BCUT2D eigenvalue weighted by Gasteiger charge is -2.27. The maximum absolute atomic E-state index is 12.5. The van der Waals surface area contributed by atoms with E-state index in [1.54, 1.807) is 28.8 Å². The Balaban J connectivity index is 1.68. The lowest BCUT2D eigenvalue weighted by atomic mass is 10.1. The number of azo groups is 1. The van der Waals surface area contributed by atoms with Crippen LogP contribution < -0.4 is 0 Å². The van der Waals surface area contributed by atoms with Crippen LogP contribution in [0.25, 0.3) is 10.9 Å². The molecule has 0 unspecified atom stereocenters. The van der Waals surface area contributed by atoms with Crippen molar-refractivity contribution in [1.82, 2.24) is 9.47 Å². The van der Waals surface area contributed by atoms with Crippen LogP contribution in [0.4, 0.5) is 17.1 Å². The van der Waals surface area contributed by atoms with E-state index < -0.39 is 27.1 Å². The van der Waals surface area contributed by atoms with E-state index in [0.717, 1.165) is 18.2 Å². The topological polar surface area (TPSA) is 166 Å². The molecule has 33 heavy (non-hydrogen) atoms. The Labute approximate surface area is 185 Å². The van der Waals surface area contributed by atoms with E-state index in [1.165, 1.54) is 0 Å². The van der Waals surface area contributed by atoms with E-state index in [1.807, 2.05) is 0 Å². The third-order valence-corrected chi connectivity index (χ3v) is 5.17. The summed E-state index contributed by atoms with van der Waals surface area (Å²) in [5, 5.41) is 40.9. The molecule has 1 aliphatic rings. The van der Waals surface area contributed by atoms with Crippen molar-refractivity contribution in [2.24, 2.45) is 10.2 Å². The number of carbonyl (C=O) groups is 1. The summed E-state index contributed by atoms with van der Waals surface area (Å²) in [6.07, 6.45) is 0. The van der Waals surface area contributed by atoms with E-state index >= 15 is 0 Å². The summed E-state index contributed by atoms with van der Waals surface area (Å²) in [6.45, 7) is 2.91. The fourth-order valence-electron chi connectivity index (χ4n) is 3.54. The van der Waals surface area contributed by atoms with Crippen LogP contribution in [0, 0.1) is 20.2 Å². The number of para-hydroxylation sites is 1. The van der Waals surface area contributed by atoms with Gasteiger partial charge >= 0.3 is 0 Å². The molecule has 1 aromatic heterocycles. The second kappa shape index (κ2) is 9.10. The second-order valence-electron chi connectivity index (χ2n) is 7.25. The number of nitrogens with zero attached hydrogens (tertiary/aromatic N) is 6. The van der Waals surface area contributed by atoms with Crippen molar-refractivity contribution in [3.05, 3.63) is 68.3 Å². The van der Waals surface area contributed by atoms with Gasteiger partial charge in [0.1, 0.15) is 0 Å². The van der Waals surface area contributed by atoms with Crippen molar-refractivity contribution in [1.29, 1.82) is 0 Å². The van der Waals surface area contributed by atoms with Gasteiger partial charge in [0.2, 0.25) is 5.88 Å². The molecule has 4 rings (SSSR count). The van der Waals surface area contributed by atoms with Gasteiger partial charge in [-0.1, -0.05) is 18.2 Å². The number of nitro groups is 2. The molecule has 0 saturated carbocycles. The first-order valence-electron chi connectivity index (χ1n) is 9.85. The number of benzene rings is 2. The van der Waals surface area contributed by atoms with Gasteiger partial charge in [0.05, 0.1) is 46.9 Å². The molecular formula is C20H18N6O7. The van der Waals surface area contributed by atoms with Gasteiger partial charge in [0.15, 0.2) is 5.69 Å². The standard InChI is InChI=1S/C20H18N6O7/c27-19(13-9-14(25(29)30)11-15(10-13)26(31)32)22-21-18-16-3-1-2-4-17(16)24(20(18)28)12-23-5-7-33-8-6-23/h1-4,9-11,28H,5-8,12H2. The van der Waals surface area contributed by atoms with Crippen molar-refractivity contribution in [3.63, 3.8) is 0 Å². The smallest absolute Gasteiger partial charge is 0.295 e. The molecular weight excluding hydrogens is 436 g/mol. The number of fused-ring (bicyclic) bond motifs is 1. The first-order chi connectivity index (χ1) is 15.8. The van der Waals surface area contributed by atoms with Gasteiger partial charge in [-0.2, -0.15) is 0 Å². The summed E-state index contributed by atoms with van der Waals surface area (Å²) in [4.78, 5) is 35.0. The molecule has 0 atom stereocenters. The van der Waals surface area contributed by atoms with E-state index in [0.29, 0.717) is 43.9 Å². The number of ether oxygens (including phenoxy) is 1. The first kappa shape index (κ1) is 22.0. The fraction of sp³-hybridized carbons (Fsp3) is 0.250. The zero-order chi connectivity index (χ0) is 23.5. The van der Waals surface area contributed by atoms with Crippen LogP contribution in [0.2, 0.25) is 0 Å². The summed E-state index contributed by atoms with van der Waals surface area (Å²) in [5.41, 5.74) is -0.877. The quantitative estimate of drug-likeness (QED) is 0.336. The van der Waals surface area contributed by atoms with E-state index in [-0.39, 0.29) is 17.1 Å². The number of amides is 1. The Morgan fingerprint density at radius 3 is 2.33 bits per heavy atom. The van der Waals surface area contributed by atoms with Crippen molar-refractivity contribution in [2.75, 3.05) is 26.3 Å². The normalized spacial score (nSPS) is 14.7. The van der Waals surface area contributed by atoms with Gasteiger partial charge in [-0.15, -0.1) is 10.2 Å². The first-order valence-corrected chi connectivity index (χ1v) is 9.85. The minimum absolute atomic E-state index is 0.0483. The molecule has 1 saturated heterocycles. The van der Waals surface area contributed by atoms with E-state index in [2.05, 4.69) is 15.1 Å². The lowest BCUT2D eigenvalue weighted by molar-refractivity contribution is -0.394. The van der Waals surface area contributed by atoms with E-state index in [4.69, 9.17) is 4.74 Å². The Kier molecular flexibility index (Phi) is 6.06. The number of hydrogen-bond acceptors (Lipinski definition) is 9. The molecule has 1 amide bonds. The summed E-state index contributed by atoms with van der Waals surface area (Å²) < 4.78 is 6.98. The second-order valence-corrected chi connectivity index (χ2v) is 7.25. The Morgan fingerprint density at radius 2 is 1.70 bits per heavy atom. The molecule has 2 aromatic carbocycles. The number of aromatic nitrogens is 1. The maximum atomic E-state index is 12.5. The summed E-state index contributed by atoms with van der Waals surface area (Å²) in [5.74, 6) is -1.23. The molecule has 13 heteroatoms. The Hall–Kier alpha value is -4.23. The fourth-order valence-corrected chi connectivity index (χ4v) is 3.54. The molecule has 1 aliphatic heterocycles. The lowest BCUT2D eigenvalue weighted by Crippen LogP contribution is -2.37. The minimum atomic E-state index is -1.02. The molecule has 0 radical (unpaired) electrons. The van der Waals surface area contributed by atoms with Gasteiger partial charge in [0, 0.05) is 30.6 Å². The van der Waals surface area contributed by atoms with Gasteiger partial charge in [-0.05, 0) is 6.07 Å². The molecule has 13 nitrogen and oxygen atoms in total. The zero-order valence-corrected chi connectivity index (χ0v) is 17.2. The van der Waals surface area contributed by atoms with Crippen LogP contribution in [0.15, 0.2) is 52.7 Å². The highest BCUT2D eigenvalue weighted by atomic mass is 16.6. The summed E-state index contributed by atoms with van der Waals surface area (Å²) in [6, 6.07) is 9.56. The predicted molar refractivity (Wildman–Crippen MR) is 115 cm³/mol. The van der Waals surface area contributed by atoms with Crippen LogP contribution in [0.3, 0.4) is 0 Å². The number of hydrogen-bond donors (Lipinski definition) is 1. The summed E-state index contributed by atoms with van der Waals surface area (Å²) >= 11 is 0. The number of aromatic hydroxyl groups is 1. The SMILES string of the molecule is O=C(N=Nc1c(O)n(CN2CCOCC2)c2ccccc12)c1cc([N+](=O)[O-])cc([N+](=O)[O-])c1. The van der Waals surface area contributed by atoms with Gasteiger partial charge in [-0.25, -0.2) is 0 Å². The predicted octanol–water partition coefficient (Wildman–Crippen LogP) is 3.38. The van der Waals surface area contributed by atoms with Gasteiger partial charge < -0.3 is 9.84 Å². The average molecular weight is 454 g/mol. The number of rotatable bonds is 6. The molecule has 170 valence electrons. The largest absolute Gasteiger partial charge is 0.493 e. The monoisotopic (exact) mass is 454 g/mol. The molecule has 3 aromatic rings.